The molecule has 9 heteroatoms. The highest BCUT2D eigenvalue weighted by molar-refractivity contribution is 5.89. The first-order chi connectivity index (χ1) is 12.1. The predicted octanol–water partition coefficient (Wildman–Crippen LogP) is 3.16. The van der Waals surface area contributed by atoms with Gasteiger partial charge in [-0.1, -0.05) is 25.1 Å². The lowest BCUT2D eigenvalue weighted by Crippen LogP contribution is -2.33. The van der Waals surface area contributed by atoms with Crippen molar-refractivity contribution in [3.05, 3.63) is 46.6 Å². The minimum atomic E-state index is -4.58. The zero-order valence-electron chi connectivity index (χ0n) is 14.7. The highest BCUT2D eigenvalue weighted by Crippen LogP contribution is 2.34. The summed E-state index contributed by atoms with van der Waals surface area (Å²) in [6.45, 7) is 3.38. The number of carbonyl (C=O) groups excluding carboxylic acids is 1. The number of carbonyl (C=O) groups is 1. The lowest BCUT2D eigenvalue weighted by molar-refractivity contribution is -0.139. The molecule has 1 aromatic carbocycles. The third kappa shape index (κ3) is 4.34. The first-order valence-corrected chi connectivity index (χ1v) is 8.06. The highest BCUT2D eigenvalue weighted by atomic mass is 19.4. The number of amides is 2. The molecule has 0 aliphatic carbocycles. The van der Waals surface area contributed by atoms with Gasteiger partial charge >= 0.3 is 12.2 Å². The van der Waals surface area contributed by atoms with Crippen molar-refractivity contribution in [1.29, 1.82) is 0 Å². The second-order valence-electron chi connectivity index (χ2n) is 5.83. The van der Waals surface area contributed by atoms with Crippen LogP contribution in [0.2, 0.25) is 0 Å². The maximum absolute atomic E-state index is 13.0. The van der Waals surface area contributed by atoms with Gasteiger partial charge in [0.25, 0.3) is 0 Å². The van der Waals surface area contributed by atoms with Gasteiger partial charge in [-0.3, -0.25) is 10.00 Å². The number of alkyl halides is 3. The van der Waals surface area contributed by atoms with Crippen LogP contribution >= 0.6 is 0 Å². The number of anilines is 1. The van der Waals surface area contributed by atoms with E-state index in [4.69, 9.17) is 0 Å². The molecular weight excluding hydrogens is 349 g/mol. The number of nitrogens with one attached hydrogen (secondary N) is 2. The number of aliphatic hydroxyl groups excluding tert-OH is 1. The first-order valence-electron chi connectivity index (χ1n) is 8.06. The van der Waals surface area contributed by atoms with Crippen molar-refractivity contribution in [2.45, 2.75) is 32.5 Å². The van der Waals surface area contributed by atoms with Crippen LogP contribution in [-0.2, 0) is 19.6 Å². The van der Waals surface area contributed by atoms with E-state index in [0.717, 1.165) is 17.3 Å². The number of hydrogen-bond donors (Lipinski definition) is 3. The average molecular weight is 370 g/mol. The van der Waals surface area contributed by atoms with E-state index in [1.165, 1.54) is 22.9 Å². The molecule has 0 aliphatic rings. The maximum Gasteiger partial charge on any atom is 0.416 e. The molecule has 0 fully saturated rings. The topological polar surface area (TPSA) is 79.2 Å². The van der Waals surface area contributed by atoms with Gasteiger partial charge < -0.3 is 10.4 Å². The highest BCUT2D eigenvalue weighted by Gasteiger charge is 2.34. The lowest BCUT2D eigenvalue weighted by atomic mass is 10.0. The van der Waals surface area contributed by atoms with Crippen molar-refractivity contribution in [3.8, 4) is 0 Å². The number of aliphatic hydroxyl groups is 1. The zero-order chi connectivity index (χ0) is 19.5. The summed E-state index contributed by atoms with van der Waals surface area (Å²) in [6, 6.07) is 4.10. The number of aryl methyl sites for hydroxylation is 2. The summed E-state index contributed by atoms with van der Waals surface area (Å²) in [4.78, 5) is 12.1. The molecular formula is C17H21F3N4O2. The van der Waals surface area contributed by atoms with Crippen LogP contribution in [-0.4, -0.2) is 27.5 Å². The third-order valence-electron chi connectivity index (χ3n) is 4.01. The normalized spacial score (nSPS) is 12.7. The van der Waals surface area contributed by atoms with Gasteiger partial charge in [-0.25, -0.2) is 4.79 Å². The number of halogens is 3. The van der Waals surface area contributed by atoms with Crippen molar-refractivity contribution < 1.29 is 23.1 Å². The van der Waals surface area contributed by atoms with Crippen molar-refractivity contribution in [3.63, 3.8) is 0 Å². The molecule has 26 heavy (non-hydrogen) atoms. The number of urea groups is 1. The third-order valence-corrected chi connectivity index (χ3v) is 4.01. The van der Waals surface area contributed by atoms with Crippen LogP contribution in [0.5, 0.6) is 0 Å². The molecule has 142 valence electrons. The Morgan fingerprint density at radius 2 is 2.00 bits per heavy atom. The monoisotopic (exact) mass is 370 g/mol. The quantitative estimate of drug-likeness (QED) is 0.756. The van der Waals surface area contributed by atoms with Crippen molar-refractivity contribution in [2.24, 2.45) is 7.05 Å². The van der Waals surface area contributed by atoms with E-state index >= 15 is 0 Å². The van der Waals surface area contributed by atoms with Crippen LogP contribution in [0.4, 0.5) is 23.8 Å². The van der Waals surface area contributed by atoms with E-state index in [0.29, 0.717) is 12.2 Å². The molecule has 0 unspecified atom stereocenters. The molecule has 0 aliphatic heterocycles. The number of rotatable bonds is 5. The van der Waals surface area contributed by atoms with Gasteiger partial charge in [0.2, 0.25) is 0 Å². The second-order valence-corrected chi connectivity index (χ2v) is 5.83. The number of aromatic nitrogens is 2. The van der Waals surface area contributed by atoms with Gasteiger partial charge in [-0.05, 0) is 25.0 Å². The molecule has 0 radical (unpaired) electrons. The summed E-state index contributed by atoms with van der Waals surface area (Å²) >= 11 is 0. The van der Waals surface area contributed by atoms with E-state index in [1.54, 1.807) is 7.05 Å². The SMILES string of the molecule is CCc1c(C)nn(C)c1NC(=O)NC[C@H](O)c1ccccc1C(F)(F)F. The van der Waals surface area contributed by atoms with Crippen LogP contribution in [0.25, 0.3) is 0 Å². The smallest absolute Gasteiger partial charge is 0.387 e. The Labute approximate surface area is 149 Å². The summed E-state index contributed by atoms with van der Waals surface area (Å²) in [5, 5.41) is 19.3. The van der Waals surface area contributed by atoms with E-state index in [9.17, 15) is 23.1 Å². The largest absolute Gasteiger partial charge is 0.416 e. The minimum absolute atomic E-state index is 0.286. The Morgan fingerprint density at radius 1 is 1.35 bits per heavy atom. The number of benzene rings is 1. The van der Waals surface area contributed by atoms with E-state index in [-0.39, 0.29) is 12.1 Å². The molecule has 2 amide bonds. The van der Waals surface area contributed by atoms with Crippen LogP contribution in [0, 0.1) is 6.92 Å². The summed E-state index contributed by atoms with van der Waals surface area (Å²) in [6.07, 6.45) is -5.41. The van der Waals surface area contributed by atoms with Gasteiger partial charge in [0.05, 0.1) is 17.4 Å². The second kappa shape index (κ2) is 7.77. The number of hydrogen-bond acceptors (Lipinski definition) is 3. The van der Waals surface area contributed by atoms with Crippen molar-refractivity contribution in [2.75, 3.05) is 11.9 Å². The molecule has 0 saturated carbocycles. The molecule has 0 bridgehead atoms. The van der Waals surface area contributed by atoms with Gasteiger partial charge in [-0.15, -0.1) is 0 Å². The van der Waals surface area contributed by atoms with Crippen molar-refractivity contribution in [1.82, 2.24) is 15.1 Å². The van der Waals surface area contributed by atoms with Gasteiger partial charge in [0.1, 0.15) is 5.82 Å². The Hall–Kier alpha value is -2.55. The van der Waals surface area contributed by atoms with E-state index < -0.39 is 23.9 Å². The molecule has 6 nitrogen and oxygen atoms in total. The molecule has 1 aromatic heterocycles. The molecule has 0 spiro atoms. The van der Waals surface area contributed by atoms with Crippen LogP contribution in [0.15, 0.2) is 24.3 Å². The van der Waals surface area contributed by atoms with Crippen molar-refractivity contribution >= 4 is 11.8 Å². The number of nitrogens with zero attached hydrogens (tertiary/aromatic N) is 2. The molecule has 1 heterocycles. The summed E-state index contributed by atoms with van der Waals surface area (Å²) in [5.74, 6) is 0.507. The van der Waals surface area contributed by atoms with Crippen LogP contribution in [0.3, 0.4) is 0 Å². The fourth-order valence-corrected chi connectivity index (χ4v) is 2.78. The van der Waals surface area contributed by atoms with Gasteiger partial charge in [-0.2, -0.15) is 18.3 Å². The lowest BCUT2D eigenvalue weighted by Gasteiger charge is -2.18. The van der Waals surface area contributed by atoms with Gasteiger partial charge in [0.15, 0.2) is 0 Å². The van der Waals surface area contributed by atoms with Crippen LogP contribution in [0.1, 0.15) is 35.4 Å². The molecule has 1 atom stereocenters. The fraction of sp³-hybridized carbons (Fsp3) is 0.412. The Bertz CT molecular complexity index is 787. The first kappa shape index (κ1) is 19.8. The standard InChI is InChI=1S/C17H21F3N4O2/c1-4-11-10(2)23-24(3)15(11)22-16(26)21-9-14(25)12-7-5-6-8-13(12)17(18,19)20/h5-8,14,25H,4,9H2,1-3H3,(H2,21,22,26)/t14-/m0/s1. The van der Waals surface area contributed by atoms with E-state index in [1.807, 2.05) is 13.8 Å². The maximum atomic E-state index is 13.0. The minimum Gasteiger partial charge on any atom is -0.387 e. The van der Waals surface area contributed by atoms with Crippen LogP contribution < -0.4 is 10.6 Å². The Kier molecular flexibility index (Phi) is 5.91. The zero-order valence-corrected chi connectivity index (χ0v) is 14.7. The Balaban J connectivity index is 2.05. The van der Waals surface area contributed by atoms with E-state index in [2.05, 4.69) is 15.7 Å². The molecule has 2 aromatic rings. The van der Waals surface area contributed by atoms with Gasteiger partial charge in [0, 0.05) is 19.2 Å². The predicted molar refractivity (Wildman–Crippen MR) is 90.7 cm³/mol. The summed E-state index contributed by atoms with van der Waals surface area (Å²) in [7, 11) is 1.68. The summed E-state index contributed by atoms with van der Waals surface area (Å²) in [5.41, 5.74) is 0.436. The average Bonchev–Trinajstić information content (AvgIpc) is 2.84. The Morgan fingerprint density at radius 3 is 2.62 bits per heavy atom. The fourth-order valence-electron chi connectivity index (χ4n) is 2.78. The molecule has 3 N–H and O–H groups in total. The summed E-state index contributed by atoms with van der Waals surface area (Å²) < 4.78 is 40.5. The molecule has 2 rings (SSSR count). The molecule has 0 saturated heterocycles.